The van der Waals surface area contributed by atoms with Crippen molar-refractivity contribution in [1.29, 1.82) is 0 Å². The van der Waals surface area contributed by atoms with Crippen molar-refractivity contribution in [1.82, 2.24) is 5.32 Å². The largest absolute Gasteiger partial charge is 0.489 e. The molecule has 0 atom stereocenters. The zero-order valence-electron chi connectivity index (χ0n) is 16.0. The zero-order chi connectivity index (χ0) is 20.0. The van der Waals surface area contributed by atoms with Crippen molar-refractivity contribution in [3.63, 3.8) is 0 Å². The number of halogens is 1. The minimum absolute atomic E-state index is 0.204. The Bertz CT molecular complexity index is 847. The summed E-state index contributed by atoms with van der Waals surface area (Å²) in [6, 6.07) is 13.3. The number of hydrogen-bond donors (Lipinski definition) is 2. The van der Waals surface area contributed by atoms with E-state index in [0.29, 0.717) is 24.3 Å². The first-order chi connectivity index (χ1) is 13.5. The summed E-state index contributed by atoms with van der Waals surface area (Å²) < 4.78 is 19.0. The highest BCUT2D eigenvalue weighted by molar-refractivity contribution is 6.00. The Morgan fingerprint density at radius 1 is 1.07 bits per heavy atom. The van der Waals surface area contributed by atoms with Gasteiger partial charge in [-0.1, -0.05) is 37.5 Å². The molecule has 1 fully saturated rings. The van der Waals surface area contributed by atoms with Gasteiger partial charge in [0.15, 0.2) is 0 Å². The zero-order valence-corrected chi connectivity index (χ0v) is 16.0. The Morgan fingerprint density at radius 3 is 2.54 bits per heavy atom. The number of nitrogens with one attached hydrogen (secondary N) is 2. The maximum atomic E-state index is 13.3. The van der Waals surface area contributed by atoms with E-state index in [0.717, 1.165) is 24.8 Å². The van der Waals surface area contributed by atoms with Crippen LogP contribution >= 0.6 is 0 Å². The molecule has 0 spiro atoms. The minimum Gasteiger partial charge on any atom is -0.489 e. The molecule has 1 aliphatic rings. The lowest BCUT2D eigenvalue weighted by atomic mass is 9.80. The Kier molecular flexibility index (Phi) is 6.29. The van der Waals surface area contributed by atoms with E-state index in [1.54, 1.807) is 36.4 Å². The van der Waals surface area contributed by atoms with Gasteiger partial charge in [0.05, 0.1) is 0 Å². The smallest absolute Gasteiger partial charge is 0.250 e. The molecular weight excluding hydrogens is 359 g/mol. The van der Waals surface area contributed by atoms with Gasteiger partial charge >= 0.3 is 0 Å². The first kappa shape index (κ1) is 19.9. The van der Waals surface area contributed by atoms with E-state index >= 15 is 0 Å². The topological polar surface area (TPSA) is 67.4 Å². The van der Waals surface area contributed by atoms with Crippen LogP contribution in [0.4, 0.5) is 10.1 Å². The highest BCUT2D eigenvalue weighted by Crippen LogP contribution is 2.30. The fourth-order valence-corrected chi connectivity index (χ4v) is 3.61. The molecule has 0 heterocycles. The summed E-state index contributed by atoms with van der Waals surface area (Å²) in [6.45, 7) is 1.66. The van der Waals surface area contributed by atoms with Crippen LogP contribution in [0.1, 0.15) is 44.6 Å². The van der Waals surface area contributed by atoms with Gasteiger partial charge in [0.1, 0.15) is 23.7 Å². The highest BCUT2D eigenvalue weighted by atomic mass is 19.1. The summed E-state index contributed by atoms with van der Waals surface area (Å²) in [5, 5.41) is 5.78. The van der Waals surface area contributed by atoms with Crippen LogP contribution in [0.3, 0.4) is 0 Å². The average molecular weight is 384 g/mol. The predicted molar refractivity (Wildman–Crippen MR) is 105 cm³/mol. The van der Waals surface area contributed by atoms with Crippen LogP contribution in [-0.4, -0.2) is 17.4 Å². The highest BCUT2D eigenvalue weighted by Gasteiger charge is 2.40. The van der Waals surface area contributed by atoms with Gasteiger partial charge in [-0.2, -0.15) is 0 Å². The fraction of sp³-hybridized carbons (Fsp3) is 0.364. The van der Waals surface area contributed by atoms with Crippen LogP contribution < -0.4 is 15.4 Å². The minimum atomic E-state index is -0.859. The summed E-state index contributed by atoms with van der Waals surface area (Å²) in [7, 11) is 0. The van der Waals surface area contributed by atoms with Gasteiger partial charge in [-0.25, -0.2) is 4.39 Å². The molecule has 2 aromatic rings. The lowest BCUT2D eigenvalue weighted by Gasteiger charge is -2.36. The Morgan fingerprint density at radius 2 is 1.82 bits per heavy atom. The molecule has 2 N–H and O–H groups in total. The summed E-state index contributed by atoms with van der Waals surface area (Å²) in [6.07, 6.45) is 4.15. The number of benzene rings is 2. The van der Waals surface area contributed by atoms with Gasteiger partial charge in [0.25, 0.3) is 0 Å². The molecule has 148 valence electrons. The van der Waals surface area contributed by atoms with Crippen molar-refractivity contribution in [2.24, 2.45) is 0 Å². The molecule has 1 saturated carbocycles. The SMILES string of the molecule is CC(=O)NC1(C(=O)Nc2cccc(OCc3cccc(F)c3)c2)CCCCC1. The molecule has 6 heteroatoms. The third-order valence-corrected chi connectivity index (χ3v) is 4.94. The molecule has 2 amide bonds. The van der Waals surface area contributed by atoms with E-state index in [2.05, 4.69) is 10.6 Å². The monoisotopic (exact) mass is 384 g/mol. The van der Waals surface area contributed by atoms with Crippen LogP contribution in [0.15, 0.2) is 48.5 Å². The second-order valence-electron chi connectivity index (χ2n) is 7.22. The number of carbonyl (C=O) groups is 2. The van der Waals surface area contributed by atoms with Gasteiger partial charge in [0, 0.05) is 18.7 Å². The standard InChI is InChI=1S/C22H25FN2O3/c1-16(26)25-22(11-3-2-4-12-22)21(27)24-19-9-6-10-20(14-19)28-15-17-7-5-8-18(23)13-17/h5-10,13-14H,2-4,11-12,15H2,1H3,(H,24,27)(H,25,26). The number of ether oxygens (including phenoxy) is 1. The molecule has 5 nitrogen and oxygen atoms in total. The van der Waals surface area contributed by atoms with Gasteiger partial charge < -0.3 is 15.4 Å². The van der Waals surface area contributed by atoms with E-state index in [9.17, 15) is 14.0 Å². The summed E-state index contributed by atoms with van der Waals surface area (Å²) in [5.41, 5.74) is 0.459. The number of anilines is 1. The quantitative estimate of drug-likeness (QED) is 0.785. The molecule has 1 aliphatic carbocycles. The number of carbonyl (C=O) groups excluding carboxylic acids is 2. The average Bonchev–Trinajstić information content (AvgIpc) is 2.67. The summed E-state index contributed by atoms with van der Waals surface area (Å²) >= 11 is 0. The Labute approximate surface area is 164 Å². The lowest BCUT2D eigenvalue weighted by Crippen LogP contribution is -2.57. The third kappa shape index (κ3) is 5.09. The van der Waals surface area contributed by atoms with E-state index in [-0.39, 0.29) is 24.2 Å². The molecule has 0 bridgehead atoms. The van der Waals surface area contributed by atoms with Gasteiger partial charge in [-0.05, 0) is 42.7 Å². The van der Waals surface area contributed by atoms with Crippen LogP contribution in [0.25, 0.3) is 0 Å². The van der Waals surface area contributed by atoms with Crippen molar-refractivity contribution >= 4 is 17.5 Å². The fourth-order valence-electron chi connectivity index (χ4n) is 3.61. The Hall–Kier alpha value is -2.89. The molecule has 3 rings (SSSR count). The van der Waals surface area contributed by atoms with E-state index in [4.69, 9.17) is 4.74 Å². The van der Waals surface area contributed by atoms with Crippen LogP contribution in [-0.2, 0) is 16.2 Å². The van der Waals surface area contributed by atoms with Crippen molar-refractivity contribution in [2.45, 2.75) is 51.2 Å². The number of rotatable bonds is 6. The first-order valence-corrected chi connectivity index (χ1v) is 9.54. The molecular formula is C22H25FN2O3. The lowest BCUT2D eigenvalue weighted by molar-refractivity contribution is -0.130. The molecule has 0 unspecified atom stereocenters. The number of hydrogen-bond acceptors (Lipinski definition) is 3. The van der Waals surface area contributed by atoms with Gasteiger partial charge in [-0.15, -0.1) is 0 Å². The second kappa shape index (κ2) is 8.87. The molecule has 0 aliphatic heterocycles. The maximum absolute atomic E-state index is 13.3. The van der Waals surface area contributed by atoms with Crippen LogP contribution in [0.2, 0.25) is 0 Å². The molecule has 0 radical (unpaired) electrons. The van der Waals surface area contributed by atoms with Crippen molar-refractivity contribution < 1.29 is 18.7 Å². The first-order valence-electron chi connectivity index (χ1n) is 9.54. The Balaban J connectivity index is 1.67. The van der Waals surface area contributed by atoms with Crippen LogP contribution in [0.5, 0.6) is 5.75 Å². The van der Waals surface area contributed by atoms with E-state index in [1.807, 2.05) is 0 Å². The summed E-state index contributed by atoms with van der Waals surface area (Å²) in [4.78, 5) is 24.6. The predicted octanol–water partition coefficient (Wildman–Crippen LogP) is 4.18. The van der Waals surface area contributed by atoms with Crippen molar-refractivity contribution in [3.05, 3.63) is 59.9 Å². The van der Waals surface area contributed by atoms with E-state index in [1.165, 1.54) is 19.1 Å². The van der Waals surface area contributed by atoms with Gasteiger partial charge in [-0.3, -0.25) is 9.59 Å². The molecule has 2 aromatic carbocycles. The maximum Gasteiger partial charge on any atom is 0.250 e. The van der Waals surface area contributed by atoms with Crippen molar-refractivity contribution in [2.75, 3.05) is 5.32 Å². The summed E-state index contributed by atoms with van der Waals surface area (Å²) in [5.74, 6) is -0.147. The number of amides is 2. The van der Waals surface area contributed by atoms with E-state index < -0.39 is 5.54 Å². The third-order valence-electron chi connectivity index (χ3n) is 4.94. The van der Waals surface area contributed by atoms with Crippen molar-refractivity contribution in [3.8, 4) is 5.75 Å². The molecule has 0 saturated heterocycles. The van der Waals surface area contributed by atoms with Gasteiger partial charge in [0.2, 0.25) is 11.8 Å². The normalized spacial score (nSPS) is 15.5. The molecule has 28 heavy (non-hydrogen) atoms. The second-order valence-corrected chi connectivity index (χ2v) is 7.22. The molecule has 0 aromatic heterocycles. The van der Waals surface area contributed by atoms with Crippen LogP contribution in [0, 0.1) is 5.82 Å².